The molecule has 0 aromatic heterocycles. The van der Waals surface area contributed by atoms with Crippen molar-refractivity contribution < 1.29 is 19.1 Å². The van der Waals surface area contributed by atoms with E-state index in [1.54, 1.807) is 6.92 Å². The Bertz CT molecular complexity index is 800. The average Bonchev–Trinajstić information content (AvgIpc) is 3.42. The van der Waals surface area contributed by atoms with Gasteiger partial charge in [0, 0.05) is 25.4 Å². The summed E-state index contributed by atoms with van der Waals surface area (Å²) in [7, 11) is 4.29. The zero-order valence-corrected chi connectivity index (χ0v) is 35.2. The first kappa shape index (κ1) is 49.1. The second-order valence-electron chi connectivity index (χ2n) is 17.9. The van der Waals surface area contributed by atoms with Gasteiger partial charge in [0.05, 0.1) is 18.9 Å². The first-order valence-corrected chi connectivity index (χ1v) is 19.4. The number of rotatable bonds is 15. The fraction of sp³-hybridized carbons (Fsp3) is 0.951. The van der Waals surface area contributed by atoms with Crippen LogP contribution in [0.5, 0.6) is 0 Å². The molecule has 1 atom stereocenters. The van der Waals surface area contributed by atoms with E-state index in [2.05, 4.69) is 112 Å². The number of piperidine rings is 1. The van der Waals surface area contributed by atoms with Crippen molar-refractivity contribution in [2.45, 2.75) is 179 Å². The summed E-state index contributed by atoms with van der Waals surface area (Å²) in [6.45, 7) is 36.0. The van der Waals surface area contributed by atoms with Gasteiger partial charge in [-0.15, -0.1) is 0 Å². The third-order valence-electron chi connectivity index (χ3n) is 8.75. The van der Waals surface area contributed by atoms with Crippen molar-refractivity contribution in [3.8, 4) is 0 Å². The molecule has 2 fully saturated rings. The third kappa shape index (κ3) is 34.8. The number of carbonyl (C=O) groups is 1. The minimum atomic E-state index is -0.274. The molecule has 0 aromatic rings. The SMILES string of the molecule is C/C(CCC(C)(C)C)=N/OCCN1CCCCC1.CC(=O)CCC(C)(C)C.CC(C)CCC(C)N(C)C.CC(C)CCC1(C)OCCO1. The van der Waals surface area contributed by atoms with Gasteiger partial charge in [0.1, 0.15) is 12.4 Å². The van der Waals surface area contributed by atoms with E-state index in [0.29, 0.717) is 16.6 Å². The molecule has 2 aliphatic heterocycles. The molecule has 1 unspecified atom stereocenters. The Hall–Kier alpha value is -1.02. The number of ether oxygens (including phenoxy) is 2. The second-order valence-corrected chi connectivity index (χ2v) is 17.9. The fourth-order valence-electron chi connectivity index (χ4n) is 4.75. The van der Waals surface area contributed by atoms with Crippen LogP contribution in [0.2, 0.25) is 0 Å². The molecule has 0 saturated carbocycles. The van der Waals surface area contributed by atoms with Crippen LogP contribution in [-0.2, 0) is 19.1 Å². The number of hydrogen-bond donors (Lipinski definition) is 0. The Balaban J connectivity index is 0. The number of Topliss-reactive ketones (excluding diaryl/α,β-unsaturated/α-hetero) is 1. The van der Waals surface area contributed by atoms with Crippen LogP contribution in [0.15, 0.2) is 5.16 Å². The smallest absolute Gasteiger partial charge is 0.165 e. The van der Waals surface area contributed by atoms with Crippen molar-refractivity contribution in [1.29, 1.82) is 0 Å². The maximum absolute atomic E-state index is 10.5. The summed E-state index contributed by atoms with van der Waals surface area (Å²) < 4.78 is 10.9. The maximum atomic E-state index is 10.5. The maximum Gasteiger partial charge on any atom is 0.165 e. The van der Waals surface area contributed by atoms with Gasteiger partial charge in [-0.1, -0.05) is 80.8 Å². The highest BCUT2D eigenvalue weighted by Crippen LogP contribution is 2.26. The quantitative estimate of drug-likeness (QED) is 0.0972. The lowest BCUT2D eigenvalue weighted by Gasteiger charge is -2.25. The van der Waals surface area contributed by atoms with Crippen molar-refractivity contribution in [2.75, 3.05) is 53.6 Å². The monoisotopic (exact) mass is 684 g/mol. The molecule has 0 aliphatic carbocycles. The molecular formula is C41H85N3O4. The lowest BCUT2D eigenvalue weighted by Crippen LogP contribution is -2.32. The van der Waals surface area contributed by atoms with Gasteiger partial charge >= 0.3 is 0 Å². The summed E-state index contributed by atoms with van der Waals surface area (Å²) in [5, 5.41) is 4.20. The van der Waals surface area contributed by atoms with Crippen LogP contribution < -0.4 is 0 Å². The van der Waals surface area contributed by atoms with Crippen molar-refractivity contribution in [2.24, 2.45) is 27.8 Å². The Labute approximate surface area is 300 Å². The van der Waals surface area contributed by atoms with Crippen LogP contribution in [-0.4, -0.2) is 86.7 Å². The van der Waals surface area contributed by atoms with Crippen molar-refractivity contribution in [3.63, 3.8) is 0 Å². The van der Waals surface area contributed by atoms with Crippen molar-refractivity contribution in [1.82, 2.24) is 9.80 Å². The fourth-order valence-corrected chi connectivity index (χ4v) is 4.75. The molecule has 0 radical (unpaired) electrons. The van der Waals surface area contributed by atoms with Crippen molar-refractivity contribution >= 4 is 11.5 Å². The Morgan fingerprint density at radius 3 is 1.73 bits per heavy atom. The van der Waals surface area contributed by atoms with E-state index in [9.17, 15) is 4.79 Å². The molecule has 0 aromatic carbocycles. The third-order valence-corrected chi connectivity index (χ3v) is 8.75. The second kappa shape index (κ2) is 26.7. The van der Waals surface area contributed by atoms with Gasteiger partial charge in [0.15, 0.2) is 5.79 Å². The van der Waals surface area contributed by atoms with Crippen LogP contribution >= 0.6 is 0 Å². The van der Waals surface area contributed by atoms with Gasteiger partial charge in [-0.25, -0.2) is 0 Å². The van der Waals surface area contributed by atoms with Crippen LogP contribution in [0.1, 0.15) is 168 Å². The number of ketones is 1. The van der Waals surface area contributed by atoms with Crippen LogP contribution in [0, 0.1) is 22.7 Å². The van der Waals surface area contributed by atoms with Gasteiger partial charge in [0.25, 0.3) is 0 Å². The zero-order chi connectivity index (χ0) is 37.4. The number of oxime groups is 1. The predicted octanol–water partition coefficient (Wildman–Crippen LogP) is 10.7. The van der Waals surface area contributed by atoms with Crippen LogP contribution in [0.25, 0.3) is 0 Å². The molecule has 0 spiro atoms. The van der Waals surface area contributed by atoms with E-state index in [1.807, 2.05) is 6.92 Å². The molecule has 288 valence electrons. The number of carbonyl (C=O) groups excluding carboxylic acids is 1. The minimum Gasteiger partial charge on any atom is -0.394 e. The minimum absolute atomic E-state index is 0.274. The van der Waals surface area contributed by atoms with E-state index in [0.717, 1.165) is 82.1 Å². The van der Waals surface area contributed by atoms with Crippen LogP contribution in [0.4, 0.5) is 0 Å². The first-order chi connectivity index (χ1) is 22.0. The van der Waals surface area contributed by atoms with Gasteiger partial charge < -0.3 is 24.0 Å². The van der Waals surface area contributed by atoms with Gasteiger partial charge in [-0.05, 0) is 129 Å². The normalized spacial score (nSPS) is 17.6. The molecule has 2 rings (SSSR count). The number of likely N-dealkylation sites (tertiary alicyclic amines) is 1. The molecule has 2 aliphatic rings. The standard InChI is InChI=1S/C15H30N2O.C9H21N.C9H18O2.C8H16O/c1-14(8-9-15(2,3)4)16-18-13-12-17-10-6-5-7-11-17;1-8(2)6-7-9(3)10(4)5;1-8(2)4-5-9(3)10-6-7-11-9;1-7(9)5-6-8(2,3)4/h5-13H2,1-4H3;8-9H,6-7H2,1-5H3;8H,4-7H2,1-3H3;5-6H2,1-4H3/b16-14-;;;. The summed E-state index contributed by atoms with van der Waals surface area (Å²) in [6, 6.07) is 0.738. The number of nitrogens with zero attached hydrogens (tertiary/aromatic N) is 3. The van der Waals surface area contributed by atoms with E-state index in [1.165, 1.54) is 51.6 Å². The first-order valence-electron chi connectivity index (χ1n) is 19.4. The highest BCUT2D eigenvalue weighted by atomic mass is 16.7. The molecule has 0 N–H and O–H groups in total. The molecule has 2 heterocycles. The number of hydrogen-bond acceptors (Lipinski definition) is 7. The summed E-state index contributed by atoms with van der Waals surface area (Å²) in [5.41, 5.74) is 1.81. The molecule has 48 heavy (non-hydrogen) atoms. The lowest BCUT2D eigenvalue weighted by molar-refractivity contribution is -0.148. The van der Waals surface area contributed by atoms with Gasteiger partial charge in [0.2, 0.25) is 0 Å². The zero-order valence-electron chi connectivity index (χ0n) is 35.2. The van der Waals surface area contributed by atoms with E-state index >= 15 is 0 Å². The van der Waals surface area contributed by atoms with E-state index in [4.69, 9.17) is 14.3 Å². The molecule has 7 heteroatoms. The Kier molecular flexibility index (Phi) is 27.4. The van der Waals surface area contributed by atoms with Crippen LogP contribution in [0.3, 0.4) is 0 Å². The largest absolute Gasteiger partial charge is 0.394 e. The predicted molar refractivity (Wildman–Crippen MR) is 209 cm³/mol. The van der Waals surface area contributed by atoms with E-state index in [-0.39, 0.29) is 5.79 Å². The Morgan fingerprint density at radius 1 is 0.812 bits per heavy atom. The van der Waals surface area contributed by atoms with Gasteiger partial charge in [-0.3, -0.25) is 4.90 Å². The molecule has 2 saturated heterocycles. The summed E-state index contributed by atoms with van der Waals surface area (Å²) in [4.78, 5) is 20.7. The topological polar surface area (TPSA) is 63.6 Å². The molecule has 7 nitrogen and oxygen atoms in total. The molecule has 0 bridgehead atoms. The highest BCUT2D eigenvalue weighted by Gasteiger charge is 2.30. The Morgan fingerprint density at radius 2 is 1.31 bits per heavy atom. The molecular weight excluding hydrogens is 598 g/mol. The average molecular weight is 684 g/mol. The highest BCUT2D eigenvalue weighted by molar-refractivity contribution is 5.81. The summed E-state index contributed by atoms with van der Waals surface area (Å²) in [6.07, 6.45) is 12.9. The summed E-state index contributed by atoms with van der Waals surface area (Å²) >= 11 is 0. The summed E-state index contributed by atoms with van der Waals surface area (Å²) in [5.74, 6) is 1.61. The lowest BCUT2D eigenvalue weighted by atomic mass is 9.90. The van der Waals surface area contributed by atoms with Crippen molar-refractivity contribution in [3.05, 3.63) is 0 Å². The van der Waals surface area contributed by atoms with Gasteiger partial charge in [-0.2, -0.15) is 0 Å². The molecule has 0 amide bonds. The van der Waals surface area contributed by atoms with E-state index < -0.39 is 0 Å².